The van der Waals surface area contributed by atoms with Gasteiger partial charge in [0.15, 0.2) is 0 Å². The minimum absolute atomic E-state index is 0.351. The lowest BCUT2D eigenvalue weighted by Gasteiger charge is -2.09. The average Bonchev–Trinajstić information content (AvgIpc) is 3.05. The van der Waals surface area contributed by atoms with Crippen LogP contribution in [0.2, 0.25) is 0 Å². The monoisotopic (exact) mass is 334 g/mol. The van der Waals surface area contributed by atoms with Gasteiger partial charge in [0.1, 0.15) is 12.0 Å². The lowest BCUT2D eigenvalue weighted by Crippen LogP contribution is -2.07. The summed E-state index contributed by atoms with van der Waals surface area (Å²) < 4.78 is 6.82. The molecule has 0 atom stereocenters. The van der Waals surface area contributed by atoms with Crippen LogP contribution in [0.4, 0.5) is 17.3 Å². The van der Waals surface area contributed by atoms with Crippen molar-refractivity contribution in [3.8, 4) is 11.8 Å². The number of fused-ring (bicyclic) bond motifs is 1. The number of benzene rings is 1. The summed E-state index contributed by atoms with van der Waals surface area (Å²) in [6.45, 7) is 0. The number of methoxy groups -OCH3 is 1. The number of pyridine rings is 1. The second kappa shape index (κ2) is 6.04. The van der Waals surface area contributed by atoms with E-state index in [1.165, 1.54) is 6.33 Å². The molecule has 0 bridgehead atoms. The van der Waals surface area contributed by atoms with Crippen molar-refractivity contribution < 1.29 is 4.74 Å². The van der Waals surface area contributed by atoms with E-state index in [2.05, 4.69) is 30.4 Å². The highest BCUT2D eigenvalue weighted by Crippen LogP contribution is 2.23. The molecule has 3 aromatic heterocycles. The molecule has 4 aromatic rings. The Morgan fingerprint density at radius 3 is 2.96 bits per heavy atom. The SMILES string of the molecule is COc1ncccc1Nc1ncnc(-n2ncc3ccc(N)cc32)n1. The molecule has 4 rings (SSSR count). The highest BCUT2D eigenvalue weighted by Gasteiger charge is 2.11. The quantitative estimate of drug-likeness (QED) is 0.544. The van der Waals surface area contributed by atoms with Gasteiger partial charge in [-0.15, -0.1) is 0 Å². The van der Waals surface area contributed by atoms with E-state index in [0.29, 0.717) is 29.2 Å². The van der Waals surface area contributed by atoms with Gasteiger partial charge in [-0.25, -0.2) is 9.97 Å². The standard InChI is InChI=1S/C16H14N8O/c1-25-14-12(3-2-6-18-14)22-15-19-9-20-16(23-15)24-13-7-11(17)5-4-10(13)8-21-24/h2-9H,17H2,1H3,(H,19,20,22,23). The summed E-state index contributed by atoms with van der Waals surface area (Å²) in [5.74, 6) is 1.17. The number of nitrogens with one attached hydrogen (secondary N) is 1. The van der Waals surface area contributed by atoms with Gasteiger partial charge in [0.2, 0.25) is 11.8 Å². The first-order valence-electron chi connectivity index (χ1n) is 7.43. The van der Waals surface area contributed by atoms with Crippen LogP contribution in [0, 0.1) is 0 Å². The summed E-state index contributed by atoms with van der Waals surface area (Å²) in [6, 6.07) is 9.15. The van der Waals surface area contributed by atoms with E-state index in [0.717, 1.165) is 10.9 Å². The van der Waals surface area contributed by atoms with Crippen molar-refractivity contribution >= 4 is 28.2 Å². The predicted octanol–water partition coefficient (Wildman–Crippen LogP) is 1.94. The Kier molecular flexibility index (Phi) is 3.58. The Morgan fingerprint density at radius 2 is 2.08 bits per heavy atom. The third-order valence-electron chi connectivity index (χ3n) is 3.55. The van der Waals surface area contributed by atoms with E-state index in [4.69, 9.17) is 10.5 Å². The molecule has 0 amide bonds. The number of nitrogen functional groups attached to an aromatic ring is 1. The molecule has 0 unspecified atom stereocenters. The molecule has 0 radical (unpaired) electrons. The largest absolute Gasteiger partial charge is 0.480 e. The summed E-state index contributed by atoms with van der Waals surface area (Å²) in [6.07, 6.45) is 4.78. The minimum Gasteiger partial charge on any atom is -0.480 e. The molecular weight excluding hydrogens is 320 g/mol. The molecule has 0 aliphatic rings. The van der Waals surface area contributed by atoms with Gasteiger partial charge in [-0.2, -0.15) is 19.7 Å². The highest BCUT2D eigenvalue weighted by atomic mass is 16.5. The molecule has 124 valence electrons. The van der Waals surface area contributed by atoms with Crippen molar-refractivity contribution in [1.82, 2.24) is 29.7 Å². The van der Waals surface area contributed by atoms with Crippen LogP contribution in [-0.4, -0.2) is 36.8 Å². The van der Waals surface area contributed by atoms with Crippen molar-refractivity contribution in [2.45, 2.75) is 0 Å². The molecule has 0 aliphatic heterocycles. The number of hydrogen-bond donors (Lipinski definition) is 2. The zero-order chi connectivity index (χ0) is 17.2. The fourth-order valence-corrected chi connectivity index (χ4v) is 2.41. The number of nitrogens with zero attached hydrogens (tertiary/aromatic N) is 6. The summed E-state index contributed by atoms with van der Waals surface area (Å²) in [5, 5.41) is 8.34. The number of nitrogens with two attached hydrogens (primary N) is 1. The lowest BCUT2D eigenvalue weighted by molar-refractivity contribution is 0.400. The zero-order valence-corrected chi connectivity index (χ0v) is 13.3. The fourth-order valence-electron chi connectivity index (χ4n) is 2.41. The predicted molar refractivity (Wildman–Crippen MR) is 92.9 cm³/mol. The molecule has 0 saturated heterocycles. The first kappa shape index (κ1) is 14.8. The van der Waals surface area contributed by atoms with Crippen molar-refractivity contribution in [2.75, 3.05) is 18.2 Å². The maximum absolute atomic E-state index is 5.87. The molecule has 0 fully saturated rings. The van der Waals surface area contributed by atoms with E-state index in [1.54, 1.807) is 30.3 Å². The van der Waals surface area contributed by atoms with Gasteiger partial charge in [-0.3, -0.25) is 0 Å². The third kappa shape index (κ3) is 2.78. The van der Waals surface area contributed by atoms with Gasteiger partial charge in [-0.1, -0.05) is 0 Å². The third-order valence-corrected chi connectivity index (χ3v) is 3.55. The van der Waals surface area contributed by atoms with E-state index >= 15 is 0 Å². The van der Waals surface area contributed by atoms with Crippen LogP contribution in [0.1, 0.15) is 0 Å². The highest BCUT2D eigenvalue weighted by molar-refractivity contribution is 5.82. The number of hydrogen-bond acceptors (Lipinski definition) is 8. The van der Waals surface area contributed by atoms with Gasteiger partial charge in [0.25, 0.3) is 5.95 Å². The van der Waals surface area contributed by atoms with Crippen molar-refractivity contribution in [1.29, 1.82) is 0 Å². The van der Waals surface area contributed by atoms with Crippen LogP contribution in [-0.2, 0) is 0 Å². The number of anilines is 3. The van der Waals surface area contributed by atoms with Crippen LogP contribution in [0.25, 0.3) is 16.9 Å². The molecule has 9 heteroatoms. The van der Waals surface area contributed by atoms with Crippen molar-refractivity contribution in [3.05, 3.63) is 49.1 Å². The normalized spacial score (nSPS) is 10.8. The van der Waals surface area contributed by atoms with Gasteiger partial charge >= 0.3 is 0 Å². The van der Waals surface area contributed by atoms with Gasteiger partial charge in [-0.05, 0) is 30.3 Å². The Labute approximate surface area is 142 Å². The summed E-state index contributed by atoms with van der Waals surface area (Å²) in [7, 11) is 1.55. The average molecular weight is 334 g/mol. The summed E-state index contributed by atoms with van der Waals surface area (Å²) in [4.78, 5) is 16.9. The molecule has 0 spiro atoms. The van der Waals surface area contributed by atoms with Crippen LogP contribution < -0.4 is 15.8 Å². The van der Waals surface area contributed by atoms with Gasteiger partial charge in [0.05, 0.1) is 18.8 Å². The molecule has 0 saturated carbocycles. The molecular formula is C16H14N8O. The van der Waals surface area contributed by atoms with E-state index < -0.39 is 0 Å². The minimum atomic E-state index is 0.351. The molecule has 3 N–H and O–H groups in total. The van der Waals surface area contributed by atoms with E-state index in [9.17, 15) is 0 Å². The molecule has 1 aromatic carbocycles. The maximum Gasteiger partial charge on any atom is 0.255 e. The smallest absolute Gasteiger partial charge is 0.255 e. The Bertz CT molecular complexity index is 1050. The molecule has 0 aliphatic carbocycles. The van der Waals surface area contributed by atoms with Gasteiger partial charge < -0.3 is 15.8 Å². The molecule has 25 heavy (non-hydrogen) atoms. The van der Waals surface area contributed by atoms with Gasteiger partial charge in [0, 0.05) is 17.3 Å². The molecule has 9 nitrogen and oxygen atoms in total. The number of aromatic nitrogens is 6. The Balaban J connectivity index is 1.73. The van der Waals surface area contributed by atoms with Crippen molar-refractivity contribution in [2.24, 2.45) is 0 Å². The number of ether oxygens (including phenoxy) is 1. The summed E-state index contributed by atoms with van der Waals surface area (Å²) >= 11 is 0. The van der Waals surface area contributed by atoms with Crippen molar-refractivity contribution in [3.63, 3.8) is 0 Å². The Morgan fingerprint density at radius 1 is 1.16 bits per heavy atom. The van der Waals surface area contributed by atoms with Crippen LogP contribution in [0.15, 0.2) is 49.1 Å². The summed E-state index contributed by atoms with van der Waals surface area (Å²) in [5.41, 5.74) is 7.97. The number of rotatable bonds is 4. The topological polar surface area (TPSA) is 117 Å². The van der Waals surface area contributed by atoms with Crippen LogP contribution >= 0.6 is 0 Å². The first-order chi connectivity index (χ1) is 12.2. The zero-order valence-electron chi connectivity index (χ0n) is 13.3. The van der Waals surface area contributed by atoms with Crippen LogP contribution in [0.5, 0.6) is 5.88 Å². The van der Waals surface area contributed by atoms with Crippen LogP contribution in [0.3, 0.4) is 0 Å². The fraction of sp³-hybridized carbons (Fsp3) is 0.0625. The molecule has 3 heterocycles. The Hall–Kier alpha value is -3.75. The first-order valence-corrected chi connectivity index (χ1v) is 7.43. The van der Waals surface area contributed by atoms with E-state index in [1.807, 2.05) is 24.3 Å². The lowest BCUT2D eigenvalue weighted by atomic mass is 10.2. The second-order valence-corrected chi connectivity index (χ2v) is 5.17. The second-order valence-electron chi connectivity index (χ2n) is 5.17. The van der Waals surface area contributed by atoms with E-state index in [-0.39, 0.29) is 0 Å². The maximum atomic E-state index is 5.87.